The molecule has 5 heteroatoms. The topological polar surface area (TPSA) is 32.3 Å². The average Bonchev–Trinajstić information content (AvgIpc) is 2.97. The molecule has 0 spiro atoms. The summed E-state index contributed by atoms with van der Waals surface area (Å²) in [6, 6.07) is 9.49. The van der Waals surface area contributed by atoms with Crippen molar-refractivity contribution in [2.45, 2.75) is 0 Å². The predicted molar refractivity (Wildman–Crippen MR) is 86.6 cm³/mol. The number of halogens is 1. The second-order valence-electron chi connectivity index (χ2n) is 4.77. The van der Waals surface area contributed by atoms with Gasteiger partial charge in [-0.05, 0) is 36.4 Å². The lowest BCUT2D eigenvalue weighted by Crippen LogP contribution is -2.05. The van der Waals surface area contributed by atoms with E-state index >= 15 is 0 Å². The highest BCUT2D eigenvalue weighted by Crippen LogP contribution is 2.36. The summed E-state index contributed by atoms with van der Waals surface area (Å²) in [4.78, 5) is 15.2. The number of fused-ring (bicyclic) bond motifs is 1. The molecule has 0 saturated heterocycles. The summed E-state index contributed by atoms with van der Waals surface area (Å²) >= 11 is 7.66. The lowest BCUT2D eigenvalue weighted by molar-refractivity contribution is -0.110. The van der Waals surface area contributed by atoms with Crippen LogP contribution < -0.4 is 10.2 Å². The zero-order valence-corrected chi connectivity index (χ0v) is 12.7. The highest BCUT2D eigenvalue weighted by atomic mass is 35.5. The molecule has 1 amide bonds. The Morgan fingerprint density at radius 1 is 1.25 bits per heavy atom. The minimum Gasteiger partial charge on any atom is -0.370 e. The number of anilines is 2. The van der Waals surface area contributed by atoms with Crippen LogP contribution in [-0.4, -0.2) is 20.0 Å². The van der Waals surface area contributed by atoms with Gasteiger partial charge in [0.2, 0.25) is 0 Å². The van der Waals surface area contributed by atoms with Crippen LogP contribution in [0.5, 0.6) is 0 Å². The van der Waals surface area contributed by atoms with Crippen molar-refractivity contribution >= 4 is 51.2 Å². The van der Waals surface area contributed by atoms with E-state index in [9.17, 15) is 4.79 Å². The maximum Gasteiger partial charge on any atom is 0.256 e. The summed E-state index contributed by atoms with van der Waals surface area (Å²) in [6.07, 6.45) is 1.91. The normalized spacial score (nSPS) is 15.3. The van der Waals surface area contributed by atoms with Crippen molar-refractivity contribution in [1.29, 1.82) is 0 Å². The van der Waals surface area contributed by atoms with E-state index in [2.05, 4.69) is 5.32 Å². The van der Waals surface area contributed by atoms with Crippen LogP contribution >= 0.6 is 22.9 Å². The minimum atomic E-state index is -0.0814. The van der Waals surface area contributed by atoms with Gasteiger partial charge in [0, 0.05) is 35.2 Å². The highest BCUT2D eigenvalue weighted by Gasteiger charge is 2.24. The Kier molecular flexibility index (Phi) is 3.28. The molecule has 3 nitrogen and oxygen atoms in total. The van der Waals surface area contributed by atoms with Crippen molar-refractivity contribution in [3.63, 3.8) is 0 Å². The van der Waals surface area contributed by atoms with Gasteiger partial charge in [0.25, 0.3) is 5.91 Å². The number of amides is 1. The molecule has 0 fully saturated rings. The van der Waals surface area contributed by atoms with Gasteiger partial charge in [0.05, 0.1) is 10.6 Å². The molecule has 0 atom stereocenters. The van der Waals surface area contributed by atoms with E-state index in [1.165, 1.54) is 0 Å². The zero-order valence-electron chi connectivity index (χ0n) is 11.1. The third-order valence-electron chi connectivity index (χ3n) is 3.10. The van der Waals surface area contributed by atoms with E-state index in [1.807, 2.05) is 49.3 Å². The van der Waals surface area contributed by atoms with Crippen molar-refractivity contribution < 1.29 is 4.79 Å². The quantitative estimate of drug-likeness (QED) is 0.852. The monoisotopic (exact) mass is 304 g/mol. The minimum absolute atomic E-state index is 0.0814. The number of hydrogen-bond acceptors (Lipinski definition) is 3. The van der Waals surface area contributed by atoms with Crippen molar-refractivity contribution in [1.82, 2.24) is 0 Å². The highest BCUT2D eigenvalue weighted by molar-refractivity contribution is 7.17. The first-order valence-electron chi connectivity index (χ1n) is 6.15. The van der Waals surface area contributed by atoms with Gasteiger partial charge in [0.15, 0.2) is 0 Å². The Hall–Kier alpha value is -1.78. The Morgan fingerprint density at radius 2 is 2.05 bits per heavy atom. The number of benzene rings is 1. The number of nitrogens with zero attached hydrogens (tertiary/aromatic N) is 1. The molecule has 1 aromatic heterocycles. The smallest absolute Gasteiger partial charge is 0.256 e. The Labute approximate surface area is 126 Å². The number of hydrogen-bond donors (Lipinski definition) is 1. The van der Waals surface area contributed by atoms with Crippen molar-refractivity contribution in [2.75, 3.05) is 24.3 Å². The number of rotatable bonds is 2. The van der Waals surface area contributed by atoms with E-state index < -0.39 is 0 Å². The largest absolute Gasteiger partial charge is 0.370 e. The fraction of sp³-hybridized carbons (Fsp3) is 0.133. The molecule has 1 N–H and O–H groups in total. The molecular weight excluding hydrogens is 292 g/mol. The van der Waals surface area contributed by atoms with Crippen LogP contribution in [0.3, 0.4) is 0 Å². The van der Waals surface area contributed by atoms with Crippen molar-refractivity contribution in [2.24, 2.45) is 0 Å². The first-order chi connectivity index (χ1) is 9.54. The van der Waals surface area contributed by atoms with Crippen LogP contribution in [0.1, 0.15) is 10.4 Å². The van der Waals surface area contributed by atoms with Gasteiger partial charge in [-0.15, -0.1) is 11.3 Å². The summed E-state index contributed by atoms with van der Waals surface area (Å²) in [7, 11) is 4.00. The van der Waals surface area contributed by atoms with Gasteiger partial charge in [-0.2, -0.15) is 0 Å². The molecule has 0 aliphatic carbocycles. The molecule has 2 aromatic rings. The van der Waals surface area contributed by atoms with Gasteiger partial charge in [-0.25, -0.2) is 0 Å². The Morgan fingerprint density at radius 3 is 2.75 bits per heavy atom. The van der Waals surface area contributed by atoms with Gasteiger partial charge in [0.1, 0.15) is 0 Å². The van der Waals surface area contributed by atoms with Crippen LogP contribution in [-0.2, 0) is 4.79 Å². The van der Waals surface area contributed by atoms with Crippen LogP contribution in [0.15, 0.2) is 30.3 Å². The second kappa shape index (κ2) is 4.96. The maximum absolute atomic E-state index is 12.1. The molecule has 0 unspecified atom stereocenters. The fourth-order valence-corrected chi connectivity index (χ4v) is 3.15. The summed E-state index contributed by atoms with van der Waals surface area (Å²) in [5.74, 6) is -0.0814. The van der Waals surface area contributed by atoms with Gasteiger partial charge >= 0.3 is 0 Å². The lowest BCUT2D eigenvalue weighted by atomic mass is 10.1. The van der Waals surface area contributed by atoms with E-state index in [0.29, 0.717) is 10.6 Å². The van der Waals surface area contributed by atoms with Crippen LogP contribution in [0, 0.1) is 0 Å². The van der Waals surface area contributed by atoms with Gasteiger partial charge in [-0.3, -0.25) is 4.79 Å². The summed E-state index contributed by atoms with van der Waals surface area (Å²) < 4.78 is 0. The molecular formula is C15H13ClN2OS. The van der Waals surface area contributed by atoms with Crippen LogP contribution in [0.2, 0.25) is 5.02 Å². The SMILES string of the molecule is CN(C)c1ccc(/C=C2/C(=O)Nc3ccc(Cl)cc32)s1. The van der Waals surface area contributed by atoms with Gasteiger partial charge < -0.3 is 10.2 Å². The predicted octanol–water partition coefficient (Wildman–Crippen LogP) is 3.96. The molecule has 0 saturated carbocycles. The summed E-state index contributed by atoms with van der Waals surface area (Å²) in [5, 5.41) is 4.64. The molecule has 0 radical (unpaired) electrons. The third kappa shape index (κ3) is 2.32. The van der Waals surface area contributed by atoms with Crippen LogP contribution in [0.4, 0.5) is 10.7 Å². The first-order valence-corrected chi connectivity index (χ1v) is 7.34. The van der Waals surface area contributed by atoms with Crippen molar-refractivity contribution in [3.05, 3.63) is 45.8 Å². The molecule has 1 aliphatic heterocycles. The molecule has 102 valence electrons. The lowest BCUT2D eigenvalue weighted by Gasteiger charge is -2.06. The molecule has 1 aliphatic rings. The number of thiophene rings is 1. The van der Waals surface area contributed by atoms with E-state index in [-0.39, 0.29) is 5.91 Å². The first kappa shape index (κ1) is 13.2. The third-order valence-corrected chi connectivity index (χ3v) is 4.54. The van der Waals surface area contributed by atoms with Gasteiger partial charge in [-0.1, -0.05) is 11.6 Å². The fourth-order valence-electron chi connectivity index (χ4n) is 2.11. The number of carbonyl (C=O) groups excluding carboxylic acids is 1. The second-order valence-corrected chi connectivity index (χ2v) is 6.30. The molecule has 3 rings (SSSR count). The summed E-state index contributed by atoms with van der Waals surface area (Å²) in [5.41, 5.74) is 2.34. The Balaban J connectivity index is 2.03. The molecule has 0 bridgehead atoms. The standard InChI is InChI=1S/C15H13ClN2OS/c1-18(2)14-6-4-10(20-14)8-12-11-7-9(16)3-5-13(11)17-15(12)19/h3-8H,1-2H3,(H,17,19)/b12-8+. The maximum atomic E-state index is 12.1. The molecule has 20 heavy (non-hydrogen) atoms. The Bertz CT molecular complexity index is 718. The van der Waals surface area contributed by atoms with E-state index in [0.717, 1.165) is 21.1 Å². The van der Waals surface area contributed by atoms with Crippen molar-refractivity contribution in [3.8, 4) is 0 Å². The zero-order chi connectivity index (χ0) is 14.3. The molecule has 1 aromatic carbocycles. The summed E-state index contributed by atoms with van der Waals surface area (Å²) in [6.45, 7) is 0. The van der Waals surface area contributed by atoms with E-state index in [1.54, 1.807) is 17.4 Å². The van der Waals surface area contributed by atoms with E-state index in [4.69, 9.17) is 11.6 Å². The average molecular weight is 305 g/mol. The number of carbonyl (C=O) groups is 1. The number of nitrogens with one attached hydrogen (secondary N) is 1. The van der Waals surface area contributed by atoms with Crippen LogP contribution in [0.25, 0.3) is 11.6 Å². The molecule has 2 heterocycles.